The molecule has 3 aromatic rings. The van der Waals surface area contributed by atoms with Gasteiger partial charge in [0.15, 0.2) is 0 Å². The summed E-state index contributed by atoms with van der Waals surface area (Å²) in [5.74, 6) is -1.17. The quantitative estimate of drug-likeness (QED) is 0.741. The largest absolute Gasteiger partial charge is 0.478 e. The molecular formula is C17H15NO5S. The minimum atomic E-state index is -3.82. The van der Waals surface area contributed by atoms with E-state index in [4.69, 9.17) is 9.52 Å². The predicted molar refractivity (Wildman–Crippen MR) is 88.4 cm³/mol. The number of aryl methyl sites for hydroxylation is 1. The summed E-state index contributed by atoms with van der Waals surface area (Å²) in [4.78, 5) is 11.0. The van der Waals surface area contributed by atoms with E-state index in [-0.39, 0.29) is 17.0 Å². The van der Waals surface area contributed by atoms with Crippen LogP contribution in [0.5, 0.6) is 0 Å². The highest BCUT2D eigenvalue weighted by Crippen LogP contribution is 2.18. The van der Waals surface area contributed by atoms with Gasteiger partial charge in [0.25, 0.3) is 0 Å². The first kappa shape index (κ1) is 16.2. The van der Waals surface area contributed by atoms with Gasteiger partial charge in [-0.2, -0.15) is 0 Å². The Kier molecular flexibility index (Phi) is 4.13. The maximum absolute atomic E-state index is 12.4. The molecule has 3 rings (SSSR count). The number of nitrogens with one attached hydrogen (secondary N) is 1. The zero-order valence-electron chi connectivity index (χ0n) is 12.8. The molecule has 0 aliphatic carbocycles. The van der Waals surface area contributed by atoms with Gasteiger partial charge in [-0.05, 0) is 48.4 Å². The van der Waals surface area contributed by atoms with Crippen molar-refractivity contribution in [3.05, 3.63) is 65.4 Å². The van der Waals surface area contributed by atoms with Gasteiger partial charge in [-0.15, -0.1) is 0 Å². The molecule has 0 aliphatic heterocycles. The first-order valence-electron chi connectivity index (χ1n) is 7.16. The van der Waals surface area contributed by atoms with Crippen LogP contribution >= 0.6 is 0 Å². The lowest BCUT2D eigenvalue weighted by Gasteiger charge is -2.09. The summed E-state index contributed by atoms with van der Waals surface area (Å²) in [6, 6.07) is 11.2. The maximum Gasteiger partial charge on any atom is 0.335 e. The second-order valence-electron chi connectivity index (χ2n) is 5.46. The topological polar surface area (TPSA) is 96.6 Å². The predicted octanol–water partition coefficient (Wildman–Crippen LogP) is 2.92. The number of carbonyl (C=O) groups is 1. The number of fused-ring (bicyclic) bond motifs is 1. The summed E-state index contributed by atoms with van der Waals surface area (Å²) in [5, 5.41) is 10.00. The van der Waals surface area contributed by atoms with Crippen molar-refractivity contribution >= 4 is 27.0 Å². The van der Waals surface area contributed by atoms with E-state index in [1.54, 1.807) is 25.3 Å². The van der Waals surface area contributed by atoms with Gasteiger partial charge < -0.3 is 9.52 Å². The third kappa shape index (κ3) is 3.32. The lowest BCUT2D eigenvalue weighted by Crippen LogP contribution is -2.23. The Morgan fingerprint density at radius 3 is 2.71 bits per heavy atom. The standard InChI is InChI=1S/C17H15NO5S/c1-11-6-14(17(19)20)9-15(7-11)24(21,22)18-10-12-2-3-13-4-5-23-16(13)8-12/h2-9,18H,10H2,1H3,(H,19,20). The van der Waals surface area contributed by atoms with Crippen LogP contribution in [0.25, 0.3) is 11.0 Å². The van der Waals surface area contributed by atoms with Crippen molar-refractivity contribution in [2.75, 3.05) is 0 Å². The van der Waals surface area contributed by atoms with Crippen LogP contribution in [0.2, 0.25) is 0 Å². The lowest BCUT2D eigenvalue weighted by atomic mass is 10.1. The Morgan fingerprint density at radius 2 is 1.96 bits per heavy atom. The van der Waals surface area contributed by atoms with E-state index in [9.17, 15) is 13.2 Å². The highest BCUT2D eigenvalue weighted by molar-refractivity contribution is 7.89. The summed E-state index contributed by atoms with van der Waals surface area (Å²) < 4.78 is 32.6. The van der Waals surface area contributed by atoms with Crippen molar-refractivity contribution in [3.8, 4) is 0 Å². The number of furan rings is 1. The van der Waals surface area contributed by atoms with Gasteiger partial charge in [0, 0.05) is 11.9 Å². The van der Waals surface area contributed by atoms with Crippen molar-refractivity contribution in [1.29, 1.82) is 0 Å². The average Bonchev–Trinajstić information content (AvgIpc) is 3.00. The van der Waals surface area contributed by atoms with E-state index < -0.39 is 16.0 Å². The number of sulfonamides is 1. The van der Waals surface area contributed by atoms with E-state index >= 15 is 0 Å². The summed E-state index contributed by atoms with van der Waals surface area (Å²) in [6.07, 6.45) is 1.57. The van der Waals surface area contributed by atoms with E-state index in [2.05, 4.69) is 4.72 Å². The van der Waals surface area contributed by atoms with Crippen molar-refractivity contribution in [3.63, 3.8) is 0 Å². The van der Waals surface area contributed by atoms with Crippen LogP contribution in [0, 0.1) is 6.92 Å². The molecule has 0 bridgehead atoms. The SMILES string of the molecule is Cc1cc(C(=O)O)cc(S(=O)(=O)NCc2ccc3ccoc3c2)c1. The Labute approximate surface area is 138 Å². The molecule has 24 heavy (non-hydrogen) atoms. The van der Waals surface area contributed by atoms with Gasteiger partial charge in [0.2, 0.25) is 10.0 Å². The summed E-state index contributed by atoms with van der Waals surface area (Å²) in [5.41, 5.74) is 1.92. The van der Waals surface area contributed by atoms with Crippen LogP contribution in [0.1, 0.15) is 21.5 Å². The molecule has 0 unspecified atom stereocenters. The molecule has 0 radical (unpaired) electrons. The van der Waals surface area contributed by atoms with Crippen molar-refractivity contribution in [2.24, 2.45) is 0 Å². The fourth-order valence-corrected chi connectivity index (χ4v) is 3.54. The monoisotopic (exact) mass is 345 g/mol. The normalized spacial score (nSPS) is 11.7. The zero-order valence-corrected chi connectivity index (χ0v) is 13.6. The first-order valence-corrected chi connectivity index (χ1v) is 8.64. The van der Waals surface area contributed by atoms with E-state index in [0.29, 0.717) is 11.1 Å². The van der Waals surface area contributed by atoms with Gasteiger partial charge in [-0.25, -0.2) is 17.9 Å². The third-order valence-corrected chi connectivity index (χ3v) is 4.98. The van der Waals surface area contributed by atoms with E-state index in [0.717, 1.165) is 17.0 Å². The minimum absolute atomic E-state index is 0.0626. The van der Waals surface area contributed by atoms with Crippen molar-refractivity contribution in [1.82, 2.24) is 4.72 Å². The van der Waals surface area contributed by atoms with Crippen LogP contribution in [0.15, 0.2) is 58.0 Å². The molecule has 0 saturated heterocycles. The Morgan fingerprint density at radius 1 is 1.17 bits per heavy atom. The highest BCUT2D eigenvalue weighted by atomic mass is 32.2. The van der Waals surface area contributed by atoms with Gasteiger partial charge in [-0.3, -0.25) is 0 Å². The number of benzene rings is 2. The summed E-state index contributed by atoms with van der Waals surface area (Å²) in [7, 11) is -3.82. The van der Waals surface area contributed by atoms with Gasteiger partial charge in [0.1, 0.15) is 5.58 Å². The third-order valence-electron chi connectivity index (χ3n) is 3.60. The van der Waals surface area contributed by atoms with Crippen LogP contribution < -0.4 is 4.72 Å². The number of carboxylic acids is 1. The molecule has 7 heteroatoms. The molecule has 0 atom stereocenters. The number of hydrogen-bond acceptors (Lipinski definition) is 4. The Balaban J connectivity index is 1.84. The van der Waals surface area contributed by atoms with E-state index in [1.807, 2.05) is 12.1 Å². The molecule has 1 aromatic heterocycles. The van der Waals surface area contributed by atoms with Crippen LogP contribution in [0.4, 0.5) is 0 Å². The Hall–Kier alpha value is -2.64. The van der Waals surface area contributed by atoms with Gasteiger partial charge in [0.05, 0.1) is 16.7 Å². The van der Waals surface area contributed by atoms with Gasteiger partial charge in [-0.1, -0.05) is 12.1 Å². The van der Waals surface area contributed by atoms with Crippen LogP contribution in [0.3, 0.4) is 0 Å². The fourth-order valence-electron chi connectivity index (χ4n) is 2.40. The van der Waals surface area contributed by atoms with Crippen LogP contribution in [-0.4, -0.2) is 19.5 Å². The fraction of sp³-hybridized carbons (Fsp3) is 0.118. The molecule has 2 aromatic carbocycles. The smallest absolute Gasteiger partial charge is 0.335 e. The summed E-state index contributed by atoms with van der Waals surface area (Å²) in [6.45, 7) is 1.73. The maximum atomic E-state index is 12.4. The molecule has 2 N–H and O–H groups in total. The molecular weight excluding hydrogens is 330 g/mol. The zero-order chi connectivity index (χ0) is 17.3. The molecule has 0 fully saturated rings. The van der Waals surface area contributed by atoms with E-state index in [1.165, 1.54) is 12.1 Å². The molecule has 1 heterocycles. The highest BCUT2D eigenvalue weighted by Gasteiger charge is 2.17. The molecule has 0 amide bonds. The number of rotatable bonds is 5. The van der Waals surface area contributed by atoms with Crippen molar-refractivity contribution in [2.45, 2.75) is 18.4 Å². The molecule has 124 valence electrons. The second-order valence-corrected chi connectivity index (χ2v) is 7.22. The summed E-state index contributed by atoms with van der Waals surface area (Å²) >= 11 is 0. The molecule has 0 saturated carbocycles. The molecule has 0 spiro atoms. The van der Waals surface area contributed by atoms with Gasteiger partial charge >= 0.3 is 5.97 Å². The second kappa shape index (κ2) is 6.10. The first-order chi connectivity index (χ1) is 11.3. The lowest BCUT2D eigenvalue weighted by molar-refractivity contribution is 0.0696. The number of aromatic carboxylic acids is 1. The van der Waals surface area contributed by atoms with Crippen molar-refractivity contribution < 1.29 is 22.7 Å². The molecule has 0 aliphatic rings. The number of hydrogen-bond donors (Lipinski definition) is 2. The Bertz CT molecular complexity index is 1020. The van der Waals surface area contributed by atoms with Crippen LogP contribution in [-0.2, 0) is 16.6 Å². The number of carboxylic acid groups (broad SMARTS) is 1. The average molecular weight is 345 g/mol. The molecule has 6 nitrogen and oxygen atoms in total. The minimum Gasteiger partial charge on any atom is -0.478 e.